The van der Waals surface area contributed by atoms with E-state index >= 15 is 0 Å². The Morgan fingerprint density at radius 3 is 2.67 bits per heavy atom. The van der Waals surface area contributed by atoms with Gasteiger partial charge in [0, 0.05) is 5.69 Å². The van der Waals surface area contributed by atoms with E-state index in [0.29, 0.717) is 5.69 Å². The number of anilines is 1. The lowest BCUT2D eigenvalue weighted by atomic mass is 10.0. The van der Waals surface area contributed by atoms with Crippen LogP contribution in [0.3, 0.4) is 0 Å². The van der Waals surface area contributed by atoms with Crippen LogP contribution < -0.4 is 10.6 Å². The molecule has 0 spiro atoms. The number of hydrogen-bond donors (Lipinski definition) is 2. The van der Waals surface area contributed by atoms with Crippen molar-refractivity contribution in [2.45, 2.75) is 24.7 Å². The molecule has 0 saturated heterocycles. The van der Waals surface area contributed by atoms with Gasteiger partial charge in [-0.15, -0.1) is 0 Å². The largest absolute Gasteiger partial charge is 0.487 e. The fourth-order valence-electron chi connectivity index (χ4n) is 2.63. The van der Waals surface area contributed by atoms with E-state index in [2.05, 4.69) is 16.7 Å². The number of rotatable bonds is 6. The van der Waals surface area contributed by atoms with Crippen LogP contribution in [0.5, 0.6) is 0 Å². The average Bonchev–Trinajstić information content (AvgIpc) is 3.14. The molecular formula is C16H17F3N2O3. The molecule has 3 rings (SSSR count). The molecule has 130 valence electrons. The molecule has 0 unspecified atom stereocenters. The molecule has 0 aromatic heterocycles. The first kappa shape index (κ1) is 16.8. The number of fused-ring (bicyclic) bond motifs is 1. The number of ether oxygens (including phenoxy) is 2. The Morgan fingerprint density at radius 1 is 1.33 bits per heavy atom. The van der Waals surface area contributed by atoms with Gasteiger partial charge in [-0.1, -0.05) is 12.1 Å². The van der Waals surface area contributed by atoms with Gasteiger partial charge in [0.2, 0.25) is 5.91 Å². The third-order valence-electron chi connectivity index (χ3n) is 3.77. The van der Waals surface area contributed by atoms with Gasteiger partial charge in [-0.3, -0.25) is 10.1 Å². The van der Waals surface area contributed by atoms with Gasteiger partial charge < -0.3 is 14.8 Å². The SMILES string of the molecule is O=C(COCCC(F)(F)F)Nc1ccc([C@H]2OC3=C[C@@H]2NC3)cc1. The predicted molar refractivity (Wildman–Crippen MR) is 80.3 cm³/mol. The van der Waals surface area contributed by atoms with Crippen LogP contribution in [0.15, 0.2) is 36.1 Å². The van der Waals surface area contributed by atoms with Crippen LogP contribution in [0.2, 0.25) is 0 Å². The lowest BCUT2D eigenvalue weighted by Crippen LogP contribution is -2.33. The average molecular weight is 342 g/mol. The van der Waals surface area contributed by atoms with Crippen LogP contribution in [0.4, 0.5) is 18.9 Å². The van der Waals surface area contributed by atoms with Gasteiger partial charge in [0.15, 0.2) is 0 Å². The number of amides is 1. The monoisotopic (exact) mass is 342 g/mol. The third kappa shape index (κ3) is 4.27. The number of carbonyl (C=O) groups is 1. The van der Waals surface area contributed by atoms with Crippen LogP contribution in [0, 0.1) is 0 Å². The van der Waals surface area contributed by atoms with E-state index in [1.165, 1.54) is 0 Å². The Labute approximate surface area is 136 Å². The van der Waals surface area contributed by atoms with Crippen molar-refractivity contribution in [3.05, 3.63) is 41.7 Å². The smallest absolute Gasteiger partial charge is 0.391 e. The minimum absolute atomic E-state index is 0.0656. The van der Waals surface area contributed by atoms with Crippen molar-refractivity contribution in [1.29, 1.82) is 0 Å². The van der Waals surface area contributed by atoms with Crippen LogP contribution in [-0.2, 0) is 14.3 Å². The standard InChI is InChI=1S/C16H17F3N2O3/c17-16(18,19)5-6-23-9-14(22)21-11-3-1-10(2-4-11)15-13-7-12(24-15)8-20-13/h1-4,7,13,15,20H,5-6,8-9H2,(H,21,22)/t13-,15+/m0/s1. The van der Waals surface area contributed by atoms with E-state index in [9.17, 15) is 18.0 Å². The molecule has 5 nitrogen and oxygen atoms in total. The van der Waals surface area contributed by atoms with Gasteiger partial charge in [0.25, 0.3) is 0 Å². The molecule has 2 N–H and O–H groups in total. The molecule has 2 aliphatic rings. The summed E-state index contributed by atoms with van der Waals surface area (Å²) in [5.41, 5.74) is 1.54. The summed E-state index contributed by atoms with van der Waals surface area (Å²) in [7, 11) is 0. The summed E-state index contributed by atoms with van der Waals surface area (Å²) in [4.78, 5) is 11.6. The quantitative estimate of drug-likeness (QED) is 0.780. The summed E-state index contributed by atoms with van der Waals surface area (Å²) < 4.78 is 46.3. The molecule has 2 heterocycles. The van der Waals surface area contributed by atoms with Crippen molar-refractivity contribution in [1.82, 2.24) is 5.32 Å². The second-order valence-corrected chi connectivity index (χ2v) is 5.67. The topological polar surface area (TPSA) is 59.6 Å². The number of nitrogens with one attached hydrogen (secondary N) is 2. The summed E-state index contributed by atoms with van der Waals surface area (Å²) in [5, 5.41) is 5.88. The second-order valence-electron chi connectivity index (χ2n) is 5.67. The summed E-state index contributed by atoms with van der Waals surface area (Å²) in [6, 6.07) is 7.32. The number of benzene rings is 1. The van der Waals surface area contributed by atoms with E-state index in [-0.39, 0.29) is 12.1 Å². The number of morpholine rings is 1. The maximum atomic E-state index is 11.9. The highest BCUT2D eigenvalue weighted by Crippen LogP contribution is 2.35. The van der Waals surface area contributed by atoms with Crippen LogP contribution in [0.25, 0.3) is 0 Å². The first-order valence-corrected chi connectivity index (χ1v) is 7.56. The number of halogens is 3. The van der Waals surface area contributed by atoms with Crippen LogP contribution in [0.1, 0.15) is 18.1 Å². The minimum Gasteiger partial charge on any atom is -0.487 e. The maximum Gasteiger partial charge on any atom is 0.391 e. The molecule has 0 saturated carbocycles. The van der Waals surface area contributed by atoms with E-state index < -0.39 is 31.7 Å². The normalized spacial score (nSPS) is 22.2. The molecule has 2 atom stereocenters. The summed E-state index contributed by atoms with van der Waals surface area (Å²) in [6.07, 6.45) is -3.36. The van der Waals surface area contributed by atoms with E-state index in [4.69, 9.17) is 9.47 Å². The predicted octanol–water partition coefficient (Wildman–Crippen LogP) is 2.52. The van der Waals surface area contributed by atoms with Crippen molar-refractivity contribution in [2.24, 2.45) is 0 Å². The zero-order chi connectivity index (χ0) is 17.2. The Morgan fingerprint density at radius 2 is 2.08 bits per heavy atom. The second kappa shape index (κ2) is 6.82. The highest BCUT2D eigenvalue weighted by molar-refractivity contribution is 5.91. The first-order chi connectivity index (χ1) is 11.4. The number of carbonyl (C=O) groups excluding carboxylic acids is 1. The summed E-state index contributed by atoms with van der Waals surface area (Å²) in [5.74, 6) is 0.449. The van der Waals surface area contributed by atoms with E-state index in [0.717, 1.165) is 17.9 Å². The molecule has 1 amide bonds. The minimum atomic E-state index is -4.28. The molecule has 0 aliphatic carbocycles. The summed E-state index contributed by atoms with van der Waals surface area (Å²) in [6.45, 7) is -0.189. The van der Waals surface area contributed by atoms with Crippen molar-refractivity contribution in [2.75, 3.05) is 25.1 Å². The van der Waals surface area contributed by atoms with Gasteiger partial charge in [-0.05, 0) is 23.8 Å². The molecule has 0 radical (unpaired) electrons. The molecular weight excluding hydrogens is 325 g/mol. The Kier molecular flexibility index (Phi) is 4.77. The molecule has 24 heavy (non-hydrogen) atoms. The van der Waals surface area contributed by atoms with Crippen molar-refractivity contribution >= 4 is 11.6 Å². The van der Waals surface area contributed by atoms with Crippen molar-refractivity contribution < 1.29 is 27.4 Å². The fraction of sp³-hybridized carbons (Fsp3) is 0.438. The molecule has 1 aromatic rings. The Bertz CT molecular complexity index is 628. The number of hydrogen-bond acceptors (Lipinski definition) is 4. The van der Waals surface area contributed by atoms with Gasteiger partial charge in [0.05, 0.1) is 25.6 Å². The number of alkyl halides is 3. The molecule has 2 bridgehead atoms. The van der Waals surface area contributed by atoms with E-state index in [1.807, 2.05) is 12.1 Å². The zero-order valence-corrected chi connectivity index (χ0v) is 12.7. The van der Waals surface area contributed by atoms with Crippen LogP contribution >= 0.6 is 0 Å². The van der Waals surface area contributed by atoms with Crippen molar-refractivity contribution in [3.8, 4) is 0 Å². The molecule has 0 fully saturated rings. The first-order valence-electron chi connectivity index (χ1n) is 7.56. The van der Waals surface area contributed by atoms with Gasteiger partial charge >= 0.3 is 6.18 Å². The Balaban J connectivity index is 1.43. The molecule has 2 aliphatic heterocycles. The van der Waals surface area contributed by atoms with Gasteiger partial charge in [-0.2, -0.15) is 13.2 Å². The van der Waals surface area contributed by atoms with Crippen molar-refractivity contribution in [3.63, 3.8) is 0 Å². The molecule has 8 heteroatoms. The fourth-order valence-corrected chi connectivity index (χ4v) is 2.63. The van der Waals surface area contributed by atoms with Gasteiger partial charge in [-0.25, -0.2) is 0 Å². The zero-order valence-electron chi connectivity index (χ0n) is 12.7. The van der Waals surface area contributed by atoms with Crippen LogP contribution in [-0.4, -0.2) is 37.9 Å². The lowest BCUT2D eigenvalue weighted by Gasteiger charge is -2.24. The highest BCUT2D eigenvalue weighted by Gasteiger charge is 2.35. The van der Waals surface area contributed by atoms with E-state index in [1.54, 1.807) is 12.1 Å². The molecule has 1 aromatic carbocycles. The lowest BCUT2D eigenvalue weighted by molar-refractivity contribution is -0.147. The third-order valence-corrected chi connectivity index (χ3v) is 3.77. The summed E-state index contributed by atoms with van der Waals surface area (Å²) >= 11 is 0. The Hall–Kier alpha value is -2.06. The highest BCUT2D eigenvalue weighted by atomic mass is 19.4. The van der Waals surface area contributed by atoms with Gasteiger partial charge in [0.1, 0.15) is 18.5 Å². The maximum absolute atomic E-state index is 11.9.